The Morgan fingerprint density at radius 1 is 1.06 bits per heavy atom. The number of aliphatic hydroxyl groups is 1. The van der Waals surface area contributed by atoms with Gasteiger partial charge in [0.15, 0.2) is 11.5 Å². The number of phenols is 1. The molecule has 0 saturated heterocycles. The van der Waals surface area contributed by atoms with Gasteiger partial charge in [-0.05, 0) is 23.8 Å². The summed E-state index contributed by atoms with van der Waals surface area (Å²) in [5, 5.41) is 19.5. The molecule has 0 aliphatic rings. The standard InChI is InChI=1S/C14H13BrO3/c15-11-6-2-1-5-10(11)13(17)9-18-14-8-4-3-7-12(14)16/h1-8,13,16-17H,9H2. The van der Waals surface area contributed by atoms with E-state index < -0.39 is 6.10 Å². The van der Waals surface area contributed by atoms with E-state index in [2.05, 4.69) is 15.9 Å². The molecule has 2 N–H and O–H groups in total. The zero-order valence-electron chi connectivity index (χ0n) is 9.58. The third-order valence-electron chi connectivity index (χ3n) is 2.53. The fourth-order valence-electron chi connectivity index (χ4n) is 1.58. The van der Waals surface area contributed by atoms with Gasteiger partial charge in [-0.2, -0.15) is 0 Å². The zero-order chi connectivity index (χ0) is 13.0. The highest BCUT2D eigenvalue weighted by atomic mass is 79.9. The maximum atomic E-state index is 10.0. The van der Waals surface area contributed by atoms with Crippen molar-refractivity contribution in [3.05, 3.63) is 58.6 Å². The van der Waals surface area contributed by atoms with Crippen LogP contribution in [0, 0.1) is 0 Å². The molecule has 0 aliphatic heterocycles. The first-order chi connectivity index (χ1) is 8.68. The van der Waals surface area contributed by atoms with Crippen LogP contribution in [0.25, 0.3) is 0 Å². The highest BCUT2D eigenvalue weighted by molar-refractivity contribution is 9.10. The smallest absolute Gasteiger partial charge is 0.161 e. The largest absolute Gasteiger partial charge is 0.504 e. The number of rotatable bonds is 4. The molecule has 0 spiro atoms. The Bertz CT molecular complexity index is 528. The molecule has 0 radical (unpaired) electrons. The van der Waals surface area contributed by atoms with Crippen molar-refractivity contribution in [2.75, 3.05) is 6.61 Å². The van der Waals surface area contributed by atoms with E-state index >= 15 is 0 Å². The van der Waals surface area contributed by atoms with Gasteiger partial charge in [0.25, 0.3) is 0 Å². The molecule has 1 unspecified atom stereocenters. The minimum atomic E-state index is -0.750. The normalized spacial score (nSPS) is 12.1. The highest BCUT2D eigenvalue weighted by Gasteiger charge is 2.12. The van der Waals surface area contributed by atoms with Gasteiger partial charge in [0.05, 0.1) is 0 Å². The molecule has 18 heavy (non-hydrogen) atoms. The summed E-state index contributed by atoms with van der Waals surface area (Å²) in [4.78, 5) is 0. The number of phenolic OH excluding ortho intramolecular Hbond substituents is 1. The SMILES string of the molecule is Oc1ccccc1OCC(O)c1ccccc1Br. The molecule has 0 bridgehead atoms. The number of benzene rings is 2. The minimum absolute atomic E-state index is 0.0665. The fraction of sp³-hybridized carbons (Fsp3) is 0.143. The summed E-state index contributed by atoms with van der Waals surface area (Å²) in [5.74, 6) is 0.431. The van der Waals surface area contributed by atoms with Gasteiger partial charge >= 0.3 is 0 Å². The van der Waals surface area contributed by atoms with E-state index in [4.69, 9.17) is 4.74 Å². The molecule has 0 aromatic heterocycles. The van der Waals surface area contributed by atoms with E-state index in [1.54, 1.807) is 24.3 Å². The van der Waals surface area contributed by atoms with E-state index in [9.17, 15) is 10.2 Å². The number of hydrogen-bond donors (Lipinski definition) is 2. The number of hydrogen-bond acceptors (Lipinski definition) is 3. The van der Waals surface area contributed by atoms with E-state index in [-0.39, 0.29) is 12.4 Å². The van der Waals surface area contributed by atoms with Crippen molar-refractivity contribution < 1.29 is 14.9 Å². The average molecular weight is 309 g/mol. The molecule has 94 valence electrons. The van der Waals surface area contributed by atoms with Gasteiger partial charge < -0.3 is 14.9 Å². The van der Waals surface area contributed by atoms with Crippen LogP contribution in [0.15, 0.2) is 53.0 Å². The maximum Gasteiger partial charge on any atom is 0.161 e. The summed E-state index contributed by atoms with van der Waals surface area (Å²) in [6.07, 6.45) is -0.750. The highest BCUT2D eigenvalue weighted by Crippen LogP contribution is 2.27. The van der Waals surface area contributed by atoms with Gasteiger partial charge in [-0.1, -0.05) is 46.3 Å². The Balaban J connectivity index is 2.03. The second-order valence-corrected chi connectivity index (χ2v) is 4.67. The molecule has 0 aliphatic carbocycles. The van der Waals surface area contributed by atoms with Crippen LogP contribution in [0.1, 0.15) is 11.7 Å². The van der Waals surface area contributed by atoms with Gasteiger partial charge in [0, 0.05) is 4.47 Å². The second kappa shape index (κ2) is 5.89. The van der Waals surface area contributed by atoms with Crippen LogP contribution in [0.5, 0.6) is 11.5 Å². The molecule has 2 aromatic carbocycles. The van der Waals surface area contributed by atoms with Crippen molar-refractivity contribution >= 4 is 15.9 Å². The van der Waals surface area contributed by atoms with Crippen molar-refractivity contribution in [1.82, 2.24) is 0 Å². The van der Waals surface area contributed by atoms with Gasteiger partial charge in [-0.3, -0.25) is 0 Å². The van der Waals surface area contributed by atoms with E-state index in [0.717, 1.165) is 10.0 Å². The molecular weight excluding hydrogens is 296 g/mol. The molecular formula is C14H13BrO3. The maximum absolute atomic E-state index is 10.0. The first kappa shape index (κ1) is 12.9. The van der Waals surface area contributed by atoms with Gasteiger partial charge in [0.1, 0.15) is 12.7 Å². The molecule has 1 atom stereocenters. The molecule has 2 rings (SSSR count). The van der Waals surface area contributed by atoms with Crippen molar-refractivity contribution in [2.24, 2.45) is 0 Å². The summed E-state index contributed by atoms with van der Waals surface area (Å²) in [6.45, 7) is 0.0835. The predicted molar refractivity (Wildman–Crippen MR) is 72.7 cm³/mol. The first-order valence-corrected chi connectivity index (χ1v) is 6.31. The van der Waals surface area contributed by atoms with Crippen molar-refractivity contribution in [3.8, 4) is 11.5 Å². The Morgan fingerprint density at radius 3 is 2.44 bits per heavy atom. The van der Waals surface area contributed by atoms with Crippen LogP contribution in [-0.2, 0) is 0 Å². The van der Waals surface area contributed by atoms with Crippen LogP contribution in [0.4, 0.5) is 0 Å². The predicted octanol–water partition coefficient (Wildman–Crippen LogP) is 3.27. The summed E-state index contributed by atoms with van der Waals surface area (Å²) in [7, 11) is 0. The fourth-order valence-corrected chi connectivity index (χ4v) is 2.13. The van der Waals surface area contributed by atoms with Crippen LogP contribution in [0.2, 0.25) is 0 Å². The molecule has 3 nitrogen and oxygen atoms in total. The van der Waals surface area contributed by atoms with Gasteiger partial charge in [-0.25, -0.2) is 0 Å². The Hall–Kier alpha value is -1.52. The van der Waals surface area contributed by atoms with Crippen molar-refractivity contribution in [1.29, 1.82) is 0 Å². The molecule has 0 saturated carbocycles. The lowest BCUT2D eigenvalue weighted by molar-refractivity contribution is 0.106. The first-order valence-electron chi connectivity index (χ1n) is 5.52. The lowest BCUT2D eigenvalue weighted by Gasteiger charge is -2.14. The van der Waals surface area contributed by atoms with E-state index in [1.807, 2.05) is 24.3 Å². The summed E-state index contributed by atoms with van der Waals surface area (Å²) < 4.78 is 6.22. The van der Waals surface area contributed by atoms with Crippen molar-refractivity contribution in [3.63, 3.8) is 0 Å². The quantitative estimate of drug-likeness (QED) is 0.911. The van der Waals surface area contributed by atoms with E-state index in [0.29, 0.717) is 5.75 Å². The number of ether oxygens (including phenoxy) is 1. The van der Waals surface area contributed by atoms with E-state index in [1.165, 1.54) is 0 Å². The zero-order valence-corrected chi connectivity index (χ0v) is 11.2. The second-order valence-electron chi connectivity index (χ2n) is 3.82. The van der Waals surface area contributed by atoms with Crippen LogP contribution < -0.4 is 4.74 Å². The van der Waals surface area contributed by atoms with Gasteiger partial charge in [0.2, 0.25) is 0 Å². The molecule has 0 heterocycles. The lowest BCUT2D eigenvalue weighted by Crippen LogP contribution is -2.10. The van der Waals surface area contributed by atoms with Crippen LogP contribution >= 0.6 is 15.9 Å². The number of para-hydroxylation sites is 2. The third-order valence-corrected chi connectivity index (χ3v) is 3.25. The summed E-state index contributed by atoms with van der Waals surface area (Å²) >= 11 is 3.37. The lowest BCUT2D eigenvalue weighted by atomic mass is 10.1. The van der Waals surface area contributed by atoms with Crippen LogP contribution in [-0.4, -0.2) is 16.8 Å². The number of aliphatic hydroxyl groups excluding tert-OH is 1. The summed E-state index contributed by atoms with van der Waals surface area (Å²) in [5.41, 5.74) is 0.757. The molecule has 4 heteroatoms. The third kappa shape index (κ3) is 3.03. The Labute approximate surface area is 114 Å². The average Bonchev–Trinajstić information content (AvgIpc) is 2.38. The molecule has 0 amide bonds. The summed E-state index contributed by atoms with van der Waals surface area (Å²) in [6, 6.07) is 14.1. The topological polar surface area (TPSA) is 49.7 Å². The van der Waals surface area contributed by atoms with Crippen molar-refractivity contribution in [2.45, 2.75) is 6.10 Å². The molecule has 2 aromatic rings. The number of halogens is 1. The Morgan fingerprint density at radius 2 is 1.72 bits per heavy atom. The minimum Gasteiger partial charge on any atom is -0.504 e. The molecule has 0 fully saturated rings. The Kier molecular flexibility index (Phi) is 4.23. The monoisotopic (exact) mass is 308 g/mol. The number of aromatic hydroxyl groups is 1. The van der Waals surface area contributed by atoms with Gasteiger partial charge in [-0.15, -0.1) is 0 Å². The van der Waals surface area contributed by atoms with Crippen LogP contribution in [0.3, 0.4) is 0 Å².